The van der Waals surface area contributed by atoms with Crippen LogP contribution < -0.4 is 5.32 Å². The summed E-state index contributed by atoms with van der Waals surface area (Å²) in [6.45, 7) is 1.73. The highest BCUT2D eigenvalue weighted by atomic mass is 16.2. The predicted octanol–water partition coefficient (Wildman–Crippen LogP) is 1.31. The van der Waals surface area contributed by atoms with Crippen molar-refractivity contribution >= 4 is 11.6 Å². The average Bonchev–Trinajstić information content (AvgIpc) is 2.92. The van der Waals surface area contributed by atoms with Crippen molar-refractivity contribution in [3.8, 4) is 11.8 Å². The van der Waals surface area contributed by atoms with Crippen LogP contribution in [0.15, 0.2) is 30.5 Å². The van der Waals surface area contributed by atoms with Crippen molar-refractivity contribution in [3.05, 3.63) is 47.3 Å². The number of hydrogen-bond acceptors (Lipinski definition) is 3. The molecule has 1 heterocycles. The molecule has 0 saturated carbocycles. The summed E-state index contributed by atoms with van der Waals surface area (Å²) in [7, 11) is 0. The summed E-state index contributed by atoms with van der Waals surface area (Å²) < 4.78 is 0. The van der Waals surface area contributed by atoms with Crippen LogP contribution in [0.1, 0.15) is 21.6 Å². The van der Waals surface area contributed by atoms with E-state index in [2.05, 4.69) is 27.4 Å². The van der Waals surface area contributed by atoms with Crippen molar-refractivity contribution in [1.29, 1.82) is 0 Å². The van der Waals surface area contributed by atoms with E-state index in [9.17, 15) is 4.79 Å². The van der Waals surface area contributed by atoms with E-state index in [1.165, 1.54) is 6.20 Å². The molecule has 5 heteroatoms. The van der Waals surface area contributed by atoms with Gasteiger partial charge in [-0.25, -0.2) is 0 Å². The van der Waals surface area contributed by atoms with Crippen molar-refractivity contribution < 1.29 is 9.90 Å². The molecule has 0 aliphatic rings. The molecule has 5 nitrogen and oxygen atoms in total. The molecule has 0 unspecified atom stereocenters. The van der Waals surface area contributed by atoms with Crippen molar-refractivity contribution in [2.75, 3.05) is 11.9 Å². The van der Waals surface area contributed by atoms with Gasteiger partial charge in [-0.1, -0.05) is 11.8 Å². The third-order valence-electron chi connectivity index (χ3n) is 2.53. The number of aromatic amines is 1. The first kappa shape index (κ1) is 12.9. The van der Waals surface area contributed by atoms with E-state index in [0.29, 0.717) is 11.4 Å². The molecule has 0 aliphatic carbocycles. The lowest BCUT2D eigenvalue weighted by Gasteiger charge is -2.06. The molecule has 0 spiro atoms. The van der Waals surface area contributed by atoms with Crippen molar-refractivity contribution in [1.82, 2.24) is 10.2 Å². The minimum atomic E-state index is -0.244. The Balaban J connectivity index is 2.14. The molecule has 96 valence electrons. The predicted molar refractivity (Wildman–Crippen MR) is 71.7 cm³/mol. The lowest BCUT2D eigenvalue weighted by molar-refractivity contribution is 0.102. The van der Waals surface area contributed by atoms with Crippen LogP contribution >= 0.6 is 0 Å². The maximum absolute atomic E-state index is 11.8. The number of benzene rings is 1. The number of carbonyl (C=O) groups excluding carboxylic acids is 1. The van der Waals surface area contributed by atoms with Crippen LogP contribution in [0.4, 0.5) is 5.69 Å². The first-order chi connectivity index (χ1) is 9.20. The summed E-state index contributed by atoms with van der Waals surface area (Å²) in [6.07, 6.45) is 1.52. The van der Waals surface area contributed by atoms with E-state index in [1.54, 1.807) is 18.2 Å². The quantitative estimate of drug-likeness (QED) is 0.708. The van der Waals surface area contributed by atoms with E-state index in [4.69, 9.17) is 5.11 Å². The van der Waals surface area contributed by atoms with E-state index < -0.39 is 0 Å². The molecular formula is C14H13N3O2. The fraction of sp³-hybridized carbons (Fsp3) is 0.143. The van der Waals surface area contributed by atoms with Gasteiger partial charge in [0.1, 0.15) is 12.3 Å². The number of aryl methyl sites for hydroxylation is 1. The number of carbonyl (C=O) groups is 1. The Bertz CT molecular complexity index is 636. The number of hydrogen-bond donors (Lipinski definition) is 3. The number of aromatic nitrogens is 2. The number of amides is 1. The van der Waals surface area contributed by atoms with Gasteiger partial charge in [-0.2, -0.15) is 5.10 Å². The zero-order chi connectivity index (χ0) is 13.7. The fourth-order valence-corrected chi connectivity index (χ4v) is 1.60. The summed E-state index contributed by atoms with van der Waals surface area (Å²) in [5.41, 5.74) is 2.85. The van der Waals surface area contributed by atoms with Gasteiger partial charge in [-0.3, -0.25) is 9.89 Å². The molecule has 2 rings (SSSR count). The highest BCUT2D eigenvalue weighted by Crippen LogP contribution is 2.15. The summed E-state index contributed by atoms with van der Waals surface area (Å²) >= 11 is 0. The molecule has 3 N–H and O–H groups in total. The fourth-order valence-electron chi connectivity index (χ4n) is 1.60. The van der Waals surface area contributed by atoms with E-state index in [1.807, 2.05) is 13.0 Å². The molecular weight excluding hydrogens is 242 g/mol. The zero-order valence-corrected chi connectivity index (χ0v) is 10.4. The first-order valence-corrected chi connectivity index (χ1v) is 5.72. The molecule has 0 radical (unpaired) electrons. The Morgan fingerprint density at radius 2 is 2.32 bits per heavy atom. The average molecular weight is 255 g/mol. The Kier molecular flexibility index (Phi) is 3.96. The number of nitrogens with one attached hydrogen (secondary N) is 2. The summed E-state index contributed by atoms with van der Waals surface area (Å²) in [4.78, 5) is 11.8. The highest BCUT2D eigenvalue weighted by molar-refractivity contribution is 6.02. The Labute approximate surface area is 110 Å². The minimum Gasteiger partial charge on any atom is -0.384 e. The molecule has 19 heavy (non-hydrogen) atoms. The smallest absolute Gasteiger partial charge is 0.273 e. The van der Waals surface area contributed by atoms with Crippen LogP contribution in [-0.4, -0.2) is 27.8 Å². The van der Waals surface area contributed by atoms with Gasteiger partial charge in [0.25, 0.3) is 5.91 Å². The van der Waals surface area contributed by atoms with Crippen LogP contribution in [-0.2, 0) is 0 Å². The Morgan fingerprint density at radius 3 is 2.95 bits per heavy atom. The second-order valence-electron chi connectivity index (χ2n) is 3.91. The number of anilines is 1. The van der Waals surface area contributed by atoms with Gasteiger partial charge in [-0.15, -0.1) is 0 Å². The topological polar surface area (TPSA) is 78.0 Å². The minimum absolute atomic E-state index is 0.169. The molecule has 1 aromatic carbocycles. The molecule has 0 atom stereocenters. The monoisotopic (exact) mass is 255 g/mol. The van der Waals surface area contributed by atoms with Gasteiger partial charge in [0.15, 0.2) is 0 Å². The van der Waals surface area contributed by atoms with Crippen molar-refractivity contribution in [2.24, 2.45) is 0 Å². The van der Waals surface area contributed by atoms with Crippen LogP contribution in [0.3, 0.4) is 0 Å². The van der Waals surface area contributed by atoms with Crippen LogP contribution in [0.2, 0.25) is 0 Å². The third kappa shape index (κ3) is 3.21. The molecule has 1 amide bonds. The lowest BCUT2D eigenvalue weighted by atomic mass is 10.1. The number of rotatable bonds is 2. The standard InChI is InChI=1S/C14H13N3O2/c1-10-9-12(5-4-11(10)3-2-8-18)16-14(19)13-6-7-15-17-13/h4-7,9,18H,8H2,1H3,(H,15,17)(H,16,19). The van der Waals surface area contributed by atoms with E-state index in [-0.39, 0.29) is 12.5 Å². The summed E-state index contributed by atoms with van der Waals surface area (Å²) in [5, 5.41) is 17.7. The van der Waals surface area contributed by atoms with E-state index >= 15 is 0 Å². The SMILES string of the molecule is Cc1cc(NC(=O)c2ccn[nH]2)ccc1C#CCO. The molecule has 0 saturated heterocycles. The molecule has 0 aliphatic heterocycles. The highest BCUT2D eigenvalue weighted by Gasteiger charge is 2.07. The van der Waals surface area contributed by atoms with Crippen molar-refractivity contribution in [3.63, 3.8) is 0 Å². The largest absolute Gasteiger partial charge is 0.384 e. The number of aliphatic hydroxyl groups is 1. The summed E-state index contributed by atoms with van der Waals surface area (Å²) in [5.74, 6) is 5.19. The van der Waals surface area contributed by atoms with Gasteiger partial charge < -0.3 is 10.4 Å². The number of aliphatic hydroxyl groups excluding tert-OH is 1. The van der Waals surface area contributed by atoms with Crippen LogP contribution in [0.25, 0.3) is 0 Å². The molecule has 2 aromatic rings. The van der Waals surface area contributed by atoms with Gasteiger partial charge in [0.2, 0.25) is 0 Å². The second kappa shape index (κ2) is 5.85. The van der Waals surface area contributed by atoms with Crippen LogP contribution in [0.5, 0.6) is 0 Å². The van der Waals surface area contributed by atoms with Gasteiger partial charge >= 0.3 is 0 Å². The summed E-state index contributed by atoms with van der Waals surface area (Å²) in [6, 6.07) is 7.00. The lowest BCUT2D eigenvalue weighted by Crippen LogP contribution is -2.12. The normalized spacial score (nSPS) is 9.58. The Morgan fingerprint density at radius 1 is 1.47 bits per heavy atom. The zero-order valence-electron chi connectivity index (χ0n) is 10.4. The van der Waals surface area contributed by atoms with Gasteiger partial charge in [-0.05, 0) is 36.8 Å². The van der Waals surface area contributed by atoms with Crippen LogP contribution in [0, 0.1) is 18.8 Å². The first-order valence-electron chi connectivity index (χ1n) is 5.72. The number of nitrogens with zero attached hydrogens (tertiary/aromatic N) is 1. The maximum atomic E-state index is 11.8. The van der Waals surface area contributed by atoms with E-state index in [0.717, 1.165) is 11.1 Å². The van der Waals surface area contributed by atoms with Gasteiger partial charge in [0.05, 0.1) is 0 Å². The van der Waals surface area contributed by atoms with Gasteiger partial charge in [0, 0.05) is 17.4 Å². The third-order valence-corrected chi connectivity index (χ3v) is 2.53. The van der Waals surface area contributed by atoms with Crippen molar-refractivity contribution in [2.45, 2.75) is 6.92 Å². The molecule has 0 bridgehead atoms. The maximum Gasteiger partial charge on any atom is 0.273 e. The second-order valence-corrected chi connectivity index (χ2v) is 3.91. The number of H-pyrrole nitrogens is 1. The Hall–Kier alpha value is -2.58. The molecule has 1 aromatic heterocycles. The molecule has 0 fully saturated rings.